The normalized spacial score (nSPS) is 11.2. The number of aromatic nitrogens is 1. The molecule has 0 spiro atoms. The van der Waals surface area contributed by atoms with Gasteiger partial charge in [-0.05, 0) is 41.1 Å². The van der Waals surface area contributed by atoms with Crippen LogP contribution in [0.3, 0.4) is 0 Å². The number of halogens is 1. The van der Waals surface area contributed by atoms with Crippen molar-refractivity contribution in [2.45, 2.75) is 0 Å². The van der Waals surface area contributed by atoms with Gasteiger partial charge in [0.15, 0.2) is 0 Å². The standard InChI is InChI=1S/C22H16ClN3O3/c1-29-17-7-6-15-8-16(21(23)25-19(15)11-17)12-24-26-22(28)18-9-13-4-2-3-5-14(13)10-20(18)27/h2-12,27H,1H3,(H,26,28). The number of nitrogens with one attached hydrogen (secondary N) is 1. The first-order valence-electron chi connectivity index (χ1n) is 8.74. The van der Waals surface area contributed by atoms with Gasteiger partial charge in [0.25, 0.3) is 5.91 Å². The van der Waals surface area contributed by atoms with Gasteiger partial charge in [0.2, 0.25) is 0 Å². The molecule has 6 nitrogen and oxygen atoms in total. The van der Waals surface area contributed by atoms with E-state index in [1.165, 1.54) is 6.21 Å². The fraction of sp³-hybridized carbons (Fsp3) is 0.0455. The molecular formula is C22H16ClN3O3. The van der Waals surface area contributed by atoms with Crippen LogP contribution in [0.25, 0.3) is 21.7 Å². The lowest BCUT2D eigenvalue weighted by molar-refractivity contribution is 0.0952. The van der Waals surface area contributed by atoms with Crippen molar-refractivity contribution in [2.75, 3.05) is 7.11 Å². The highest BCUT2D eigenvalue weighted by atomic mass is 35.5. The molecule has 0 unspecified atom stereocenters. The molecule has 144 valence electrons. The maximum Gasteiger partial charge on any atom is 0.275 e. The van der Waals surface area contributed by atoms with E-state index >= 15 is 0 Å². The lowest BCUT2D eigenvalue weighted by Crippen LogP contribution is -2.17. The Bertz CT molecular complexity index is 1270. The van der Waals surface area contributed by atoms with Crippen molar-refractivity contribution in [1.82, 2.24) is 10.4 Å². The van der Waals surface area contributed by atoms with Gasteiger partial charge in [-0.3, -0.25) is 4.79 Å². The highest BCUT2D eigenvalue weighted by molar-refractivity contribution is 6.32. The Labute approximate surface area is 171 Å². The van der Waals surface area contributed by atoms with E-state index in [9.17, 15) is 9.90 Å². The van der Waals surface area contributed by atoms with E-state index in [1.54, 1.807) is 25.3 Å². The second-order valence-corrected chi connectivity index (χ2v) is 6.70. The third-order valence-corrected chi connectivity index (χ3v) is 4.79. The van der Waals surface area contributed by atoms with E-state index in [0.29, 0.717) is 16.8 Å². The molecule has 3 aromatic carbocycles. The topological polar surface area (TPSA) is 83.8 Å². The quantitative estimate of drug-likeness (QED) is 0.297. The number of carbonyl (C=O) groups excluding carboxylic acids is 1. The maximum absolute atomic E-state index is 12.4. The molecule has 4 aromatic rings. The largest absolute Gasteiger partial charge is 0.507 e. The third kappa shape index (κ3) is 3.83. The van der Waals surface area contributed by atoms with Gasteiger partial charge in [0.05, 0.1) is 24.4 Å². The van der Waals surface area contributed by atoms with Crippen LogP contribution in [0.5, 0.6) is 11.5 Å². The molecule has 0 bridgehead atoms. The molecule has 29 heavy (non-hydrogen) atoms. The number of rotatable bonds is 4. The van der Waals surface area contributed by atoms with Crippen LogP contribution >= 0.6 is 11.6 Å². The van der Waals surface area contributed by atoms with Gasteiger partial charge in [0.1, 0.15) is 16.7 Å². The summed E-state index contributed by atoms with van der Waals surface area (Å²) in [6.45, 7) is 0. The molecule has 4 rings (SSSR count). The molecule has 0 fully saturated rings. The number of pyridine rings is 1. The molecule has 0 atom stereocenters. The number of amides is 1. The summed E-state index contributed by atoms with van der Waals surface area (Å²) in [5.74, 6) is 0.0415. The van der Waals surface area contributed by atoms with Crippen molar-refractivity contribution < 1.29 is 14.6 Å². The Morgan fingerprint density at radius 3 is 2.62 bits per heavy atom. The Morgan fingerprint density at radius 1 is 1.10 bits per heavy atom. The molecule has 1 amide bonds. The van der Waals surface area contributed by atoms with Crippen LogP contribution in [-0.4, -0.2) is 29.3 Å². The first-order valence-corrected chi connectivity index (χ1v) is 9.12. The SMILES string of the molecule is COc1ccc2cc(C=NNC(=O)c3cc4ccccc4cc3O)c(Cl)nc2c1. The summed E-state index contributed by atoms with van der Waals surface area (Å²) >= 11 is 6.23. The molecule has 0 aliphatic heterocycles. The zero-order chi connectivity index (χ0) is 20.4. The summed E-state index contributed by atoms with van der Waals surface area (Å²) < 4.78 is 5.18. The summed E-state index contributed by atoms with van der Waals surface area (Å²) in [6.07, 6.45) is 1.41. The van der Waals surface area contributed by atoms with E-state index in [1.807, 2.05) is 42.5 Å². The van der Waals surface area contributed by atoms with E-state index < -0.39 is 5.91 Å². The first kappa shape index (κ1) is 18.7. The van der Waals surface area contributed by atoms with Crippen molar-refractivity contribution in [2.24, 2.45) is 5.10 Å². The number of hydrogen-bond donors (Lipinski definition) is 2. The van der Waals surface area contributed by atoms with Gasteiger partial charge in [-0.2, -0.15) is 5.10 Å². The zero-order valence-electron chi connectivity index (χ0n) is 15.4. The number of hydrazone groups is 1. The van der Waals surface area contributed by atoms with Crippen LogP contribution in [0.4, 0.5) is 0 Å². The minimum atomic E-state index is -0.529. The summed E-state index contributed by atoms with van der Waals surface area (Å²) in [5, 5.41) is 16.9. The van der Waals surface area contributed by atoms with Gasteiger partial charge in [-0.25, -0.2) is 10.4 Å². The molecule has 1 aromatic heterocycles. The smallest absolute Gasteiger partial charge is 0.275 e. The number of carbonyl (C=O) groups is 1. The van der Waals surface area contributed by atoms with E-state index in [2.05, 4.69) is 15.5 Å². The fourth-order valence-electron chi connectivity index (χ4n) is 2.99. The van der Waals surface area contributed by atoms with E-state index in [4.69, 9.17) is 16.3 Å². The molecule has 0 saturated carbocycles. The summed E-state index contributed by atoms with van der Waals surface area (Å²) in [4.78, 5) is 16.7. The number of aromatic hydroxyl groups is 1. The molecule has 0 saturated heterocycles. The Hall–Kier alpha value is -3.64. The Morgan fingerprint density at radius 2 is 1.86 bits per heavy atom. The number of phenolic OH excluding ortho intramolecular Hbond substituents is 1. The third-order valence-electron chi connectivity index (χ3n) is 4.48. The zero-order valence-corrected chi connectivity index (χ0v) is 16.1. The van der Waals surface area contributed by atoms with Crippen LogP contribution in [-0.2, 0) is 0 Å². The van der Waals surface area contributed by atoms with E-state index in [-0.39, 0.29) is 16.5 Å². The maximum atomic E-state index is 12.4. The molecule has 0 aliphatic rings. The van der Waals surface area contributed by atoms with Crippen LogP contribution in [0.2, 0.25) is 5.15 Å². The minimum absolute atomic E-state index is 0.115. The van der Waals surface area contributed by atoms with Crippen molar-refractivity contribution in [3.63, 3.8) is 0 Å². The van der Waals surface area contributed by atoms with Gasteiger partial charge < -0.3 is 9.84 Å². The lowest BCUT2D eigenvalue weighted by atomic mass is 10.1. The predicted octanol–water partition coefficient (Wildman–Crippen LogP) is 4.52. The van der Waals surface area contributed by atoms with Gasteiger partial charge in [-0.15, -0.1) is 0 Å². The fourth-order valence-corrected chi connectivity index (χ4v) is 3.18. The van der Waals surface area contributed by atoms with Crippen molar-refractivity contribution in [3.05, 3.63) is 76.9 Å². The highest BCUT2D eigenvalue weighted by Gasteiger charge is 2.12. The van der Waals surface area contributed by atoms with Crippen LogP contribution in [0.1, 0.15) is 15.9 Å². The highest BCUT2D eigenvalue weighted by Crippen LogP contribution is 2.25. The van der Waals surface area contributed by atoms with Crippen molar-refractivity contribution in [1.29, 1.82) is 0 Å². The van der Waals surface area contributed by atoms with Gasteiger partial charge in [0, 0.05) is 17.0 Å². The molecular weight excluding hydrogens is 390 g/mol. The summed E-state index contributed by atoms with van der Waals surface area (Å²) in [6, 6.07) is 17.9. The second-order valence-electron chi connectivity index (χ2n) is 6.34. The van der Waals surface area contributed by atoms with Crippen molar-refractivity contribution >= 4 is 45.4 Å². The minimum Gasteiger partial charge on any atom is -0.507 e. The van der Waals surface area contributed by atoms with Crippen LogP contribution in [0.15, 0.2) is 65.8 Å². The van der Waals surface area contributed by atoms with E-state index in [0.717, 1.165) is 16.2 Å². The molecule has 1 heterocycles. The Kier molecular flexibility index (Phi) is 5.01. The number of phenols is 1. The second kappa shape index (κ2) is 7.77. The average Bonchev–Trinajstić information content (AvgIpc) is 2.73. The van der Waals surface area contributed by atoms with Gasteiger partial charge in [-0.1, -0.05) is 35.9 Å². The molecule has 0 aliphatic carbocycles. The van der Waals surface area contributed by atoms with Crippen LogP contribution in [0, 0.1) is 0 Å². The monoisotopic (exact) mass is 405 g/mol. The first-order chi connectivity index (χ1) is 14.0. The number of hydrogen-bond acceptors (Lipinski definition) is 5. The Balaban J connectivity index is 1.56. The summed E-state index contributed by atoms with van der Waals surface area (Å²) in [7, 11) is 1.58. The number of ether oxygens (including phenoxy) is 1. The summed E-state index contributed by atoms with van der Waals surface area (Å²) in [5.41, 5.74) is 3.79. The average molecular weight is 406 g/mol. The number of fused-ring (bicyclic) bond motifs is 2. The molecule has 0 radical (unpaired) electrons. The number of benzene rings is 3. The number of nitrogens with zero attached hydrogens (tertiary/aromatic N) is 2. The lowest BCUT2D eigenvalue weighted by Gasteiger charge is -2.06. The molecule has 7 heteroatoms. The molecule has 2 N–H and O–H groups in total. The van der Waals surface area contributed by atoms with Crippen LogP contribution < -0.4 is 10.2 Å². The van der Waals surface area contributed by atoms with Crippen molar-refractivity contribution in [3.8, 4) is 11.5 Å². The predicted molar refractivity (Wildman–Crippen MR) is 114 cm³/mol. The number of methoxy groups -OCH3 is 1. The van der Waals surface area contributed by atoms with Gasteiger partial charge >= 0.3 is 0 Å².